The fraction of sp³-hybridized carbons (Fsp3) is 1.00. The summed E-state index contributed by atoms with van der Waals surface area (Å²) in [4.78, 5) is 5.20. The molecule has 1 aliphatic heterocycles. The van der Waals surface area contributed by atoms with Gasteiger partial charge in [0.15, 0.2) is 0 Å². The van der Waals surface area contributed by atoms with Crippen molar-refractivity contribution in [2.24, 2.45) is 0 Å². The quantitative estimate of drug-likeness (QED) is 0.604. The summed E-state index contributed by atoms with van der Waals surface area (Å²) >= 11 is 0. The van der Waals surface area contributed by atoms with Gasteiger partial charge in [0.2, 0.25) is 0 Å². The second-order valence-electron chi connectivity index (χ2n) is 4.90. The molecule has 0 unspecified atom stereocenters. The maximum Gasteiger partial charge on any atom is 0.0469 e. The zero-order valence-corrected chi connectivity index (χ0v) is 8.68. The average Bonchev–Trinajstić information content (AvgIpc) is 1.83. The third-order valence-corrected chi connectivity index (χ3v) is 2.81. The number of quaternary nitrogens is 1. The molecule has 0 aromatic rings. The van der Waals surface area contributed by atoms with E-state index in [4.69, 9.17) is 4.94 Å². The van der Waals surface area contributed by atoms with Gasteiger partial charge >= 0.3 is 0 Å². The zero-order chi connectivity index (χ0) is 9.41. The molecule has 0 spiro atoms. The molecular weight excluding hydrogens is 152 g/mol. The molecule has 0 aliphatic carbocycles. The van der Waals surface area contributed by atoms with Crippen molar-refractivity contribution < 1.29 is 10.8 Å². The van der Waals surface area contributed by atoms with Gasteiger partial charge in [-0.3, -0.25) is 0 Å². The first kappa shape index (κ1) is 9.96. The number of hydrogen-bond donors (Lipinski definition) is 1. The van der Waals surface area contributed by atoms with Gasteiger partial charge in [0, 0.05) is 11.1 Å². The van der Waals surface area contributed by atoms with Crippen LogP contribution in [0.15, 0.2) is 0 Å². The van der Waals surface area contributed by atoms with Crippen LogP contribution in [0.4, 0.5) is 0 Å². The molecule has 1 fully saturated rings. The van der Waals surface area contributed by atoms with Crippen LogP contribution < -0.4 is 5.90 Å². The molecule has 1 heterocycles. The van der Waals surface area contributed by atoms with E-state index in [2.05, 4.69) is 33.6 Å². The highest BCUT2D eigenvalue weighted by Gasteiger charge is 2.43. The van der Waals surface area contributed by atoms with E-state index < -0.39 is 0 Å². The lowest BCUT2D eigenvalue weighted by Crippen LogP contribution is -2.68. The smallest absolute Gasteiger partial charge is 0.0469 e. The largest absolute Gasteiger partial charge is 0.192 e. The Kier molecular flexibility index (Phi) is 2.47. The van der Waals surface area contributed by atoms with Crippen LogP contribution in [0, 0.1) is 0 Å². The number of rotatable bonds is 1. The van der Waals surface area contributed by atoms with Gasteiger partial charge in [-0.15, -0.1) is 10.0 Å². The fourth-order valence-electron chi connectivity index (χ4n) is 2.33. The van der Waals surface area contributed by atoms with E-state index in [1.54, 1.807) is 0 Å². The van der Waals surface area contributed by atoms with Crippen molar-refractivity contribution in [3.63, 3.8) is 0 Å². The minimum absolute atomic E-state index is 0.128. The topological polar surface area (TPSA) is 40.1 Å². The van der Waals surface area contributed by atoms with Crippen molar-refractivity contribution in [2.75, 3.05) is 0 Å². The first-order valence-electron chi connectivity index (χ1n) is 4.63. The standard InChI is InChI=1S/C9H21N2O/c1-8(2)6-5-7-9(3,4)11(8)12-10/h5-7H2,1-4,10H3/q+1. The second kappa shape index (κ2) is 2.98. The van der Waals surface area contributed by atoms with Gasteiger partial charge < -0.3 is 0 Å². The first-order valence-corrected chi connectivity index (χ1v) is 4.63. The molecule has 3 heteroatoms. The summed E-state index contributed by atoms with van der Waals surface area (Å²) in [5, 5.41) is 2.03. The van der Waals surface area contributed by atoms with Crippen LogP contribution in [0.2, 0.25) is 0 Å². The van der Waals surface area contributed by atoms with Crippen LogP contribution in [-0.2, 0) is 4.94 Å². The van der Waals surface area contributed by atoms with Crippen molar-refractivity contribution in [3.8, 4) is 0 Å². The molecule has 1 rings (SSSR count). The lowest BCUT2D eigenvalue weighted by Gasteiger charge is -2.48. The maximum atomic E-state index is 5.20. The third-order valence-electron chi connectivity index (χ3n) is 2.81. The minimum atomic E-state index is 0.128. The zero-order valence-electron chi connectivity index (χ0n) is 8.68. The third kappa shape index (κ3) is 1.63. The maximum absolute atomic E-state index is 5.20. The van der Waals surface area contributed by atoms with E-state index >= 15 is 0 Å². The summed E-state index contributed by atoms with van der Waals surface area (Å²) in [6, 6.07) is 0. The van der Waals surface area contributed by atoms with Crippen molar-refractivity contribution in [1.29, 1.82) is 0 Å². The summed E-state index contributed by atoms with van der Waals surface area (Å²) in [5.41, 5.74) is 0.257. The second-order valence-corrected chi connectivity index (χ2v) is 4.90. The van der Waals surface area contributed by atoms with E-state index in [1.165, 1.54) is 19.3 Å². The highest BCUT2D eigenvalue weighted by atomic mass is 16.8. The summed E-state index contributed by atoms with van der Waals surface area (Å²) in [7, 11) is 0. The number of piperidine rings is 1. The monoisotopic (exact) mass is 173 g/mol. The fourth-order valence-corrected chi connectivity index (χ4v) is 2.33. The molecule has 0 bridgehead atoms. The Hall–Kier alpha value is -0.120. The van der Waals surface area contributed by atoms with Crippen molar-refractivity contribution in [3.05, 3.63) is 0 Å². The normalized spacial score (nSPS) is 28.8. The first-order chi connectivity index (χ1) is 5.40. The summed E-state index contributed by atoms with van der Waals surface area (Å²) < 4.78 is 0. The molecule has 0 aromatic carbocycles. The molecule has 0 saturated carbocycles. The molecule has 0 amide bonds. The molecule has 0 aromatic heterocycles. The highest BCUT2D eigenvalue weighted by Crippen LogP contribution is 2.37. The van der Waals surface area contributed by atoms with E-state index in [0.29, 0.717) is 0 Å². The summed E-state index contributed by atoms with van der Waals surface area (Å²) in [6.07, 6.45) is 3.65. The van der Waals surface area contributed by atoms with Gasteiger partial charge in [-0.2, -0.15) is 5.90 Å². The molecule has 72 valence electrons. The molecular formula is C9H21N2O+. The predicted octanol–water partition coefficient (Wildman–Crippen LogP) is 1.12. The average molecular weight is 173 g/mol. The lowest BCUT2D eigenvalue weighted by molar-refractivity contribution is -0.768. The SMILES string of the molecule is CC1(C)CCCC(C)(C)N1O[NH3+]. The Balaban J connectivity index is 2.81. The summed E-state index contributed by atoms with van der Waals surface area (Å²) in [6.45, 7) is 8.83. The Bertz CT molecular complexity index is 150. The van der Waals surface area contributed by atoms with E-state index in [-0.39, 0.29) is 11.1 Å². The van der Waals surface area contributed by atoms with Crippen LogP contribution in [-0.4, -0.2) is 16.1 Å². The van der Waals surface area contributed by atoms with Gasteiger partial charge in [-0.05, 0) is 47.0 Å². The molecule has 1 saturated heterocycles. The number of nitrogens with zero attached hydrogens (tertiary/aromatic N) is 1. The molecule has 0 radical (unpaired) electrons. The molecule has 12 heavy (non-hydrogen) atoms. The van der Waals surface area contributed by atoms with Gasteiger partial charge in [0.25, 0.3) is 0 Å². The Morgan fingerprint density at radius 3 is 1.75 bits per heavy atom. The van der Waals surface area contributed by atoms with Gasteiger partial charge in [-0.1, -0.05) is 0 Å². The van der Waals surface area contributed by atoms with E-state index in [0.717, 1.165) is 0 Å². The summed E-state index contributed by atoms with van der Waals surface area (Å²) in [5.74, 6) is 3.53. The van der Waals surface area contributed by atoms with Crippen molar-refractivity contribution in [2.45, 2.75) is 58.0 Å². The van der Waals surface area contributed by atoms with Gasteiger partial charge in [0.1, 0.15) is 0 Å². The molecule has 1 aliphatic rings. The lowest BCUT2D eigenvalue weighted by atomic mass is 9.82. The van der Waals surface area contributed by atoms with E-state index in [1.807, 2.05) is 5.06 Å². The minimum Gasteiger partial charge on any atom is -0.192 e. The van der Waals surface area contributed by atoms with Crippen molar-refractivity contribution in [1.82, 2.24) is 5.06 Å². The highest BCUT2D eigenvalue weighted by molar-refractivity contribution is 4.92. The van der Waals surface area contributed by atoms with Gasteiger partial charge in [0.05, 0.1) is 0 Å². The van der Waals surface area contributed by atoms with Crippen LogP contribution in [0.5, 0.6) is 0 Å². The number of hydrogen-bond acceptors (Lipinski definition) is 2. The van der Waals surface area contributed by atoms with E-state index in [9.17, 15) is 0 Å². The number of hydroxylamine groups is 2. The Labute approximate surface area is 74.8 Å². The molecule has 0 atom stereocenters. The Morgan fingerprint density at radius 1 is 1.08 bits per heavy atom. The predicted molar refractivity (Wildman–Crippen MR) is 47.8 cm³/mol. The Morgan fingerprint density at radius 2 is 1.50 bits per heavy atom. The molecule has 3 nitrogen and oxygen atoms in total. The van der Waals surface area contributed by atoms with Crippen LogP contribution in [0.3, 0.4) is 0 Å². The molecule has 3 N–H and O–H groups in total. The van der Waals surface area contributed by atoms with Gasteiger partial charge in [-0.25, -0.2) is 0 Å². The van der Waals surface area contributed by atoms with Crippen molar-refractivity contribution >= 4 is 0 Å². The van der Waals surface area contributed by atoms with Crippen LogP contribution >= 0.6 is 0 Å². The van der Waals surface area contributed by atoms with Crippen LogP contribution in [0.1, 0.15) is 47.0 Å². The van der Waals surface area contributed by atoms with Crippen LogP contribution in [0.25, 0.3) is 0 Å².